The van der Waals surface area contributed by atoms with Crippen LogP contribution in [0.5, 0.6) is 0 Å². The summed E-state index contributed by atoms with van der Waals surface area (Å²) in [5, 5.41) is 16.2. The van der Waals surface area contributed by atoms with Crippen LogP contribution in [-0.2, 0) is 0 Å². The first-order chi connectivity index (χ1) is 42.3. The molecule has 95 heavy (non-hydrogen) atoms. The van der Waals surface area contributed by atoms with E-state index in [0.717, 1.165) is 5.34 Å². The molecule has 6 radical (unpaired) electrons. The fourth-order valence-corrected chi connectivity index (χ4v) is 4.04. The second-order valence-corrected chi connectivity index (χ2v) is 15.9. The second-order valence-electron chi connectivity index (χ2n) is 13.4. The molecule has 17 heteroatoms. The van der Waals surface area contributed by atoms with E-state index in [1.165, 1.54) is 52.9 Å². The molecule has 0 fully saturated rings. The number of thiocarbonyl (C=S) groups is 2. The van der Waals surface area contributed by atoms with Crippen LogP contribution in [0, 0.1) is 57.0 Å². The normalized spacial score (nSPS) is 6.15. The Morgan fingerprint density at radius 2 is 0.495 bits per heavy atom. The van der Waals surface area contributed by atoms with Crippen LogP contribution in [0.25, 0.3) is 4.98 Å². The van der Waals surface area contributed by atoms with Crippen molar-refractivity contribution in [1.82, 2.24) is 0 Å². The Labute approximate surface area is 673 Å². The van der Waals surface area contributed by atoms with Crippen molar-refractivity contribution in [3.05, 3.63) is 261 Å². The Morgan fingerprint density at radius 3 is 0.537 bits per heavy atom. The third kappa shape index (κ3) is 207. The molecule has 6 nitrogen and oxygen atoms in total. The minimum Gasteiger partial charge on any atom is -1.00 e. The van der Waals surface area contributed by atoms with Crippen LogP contribution in [0.4, 0.5) is 9.41 Å². The van der Waals surface area contributed by atoms with E-state index < -0.39 is 0 Å². The number of halogens is 2. The molecular formula is C78H149B3CaF2N4NaO2S4+. The van der Waals surface area contributed by atoms with Crippen LogP contribution in [0.15, 0.2) is 218 Å². The van der Waals surface area contributed by atoms with Gasteiger partial charge in [0.05, 0.1) is 0 Å². The van der Waals surface area contributed by atoms with E-state index in [0.29, 0.717) is 6.71 Å². The number of hydrogen-bond acceptors (Lipinski definition) is 9. The largest absolute Gasteiger partial charge is 2.00 e. The third-order valence-electron chi connectivity index (χ3n) is 7.30. The molecule has 0 aliphatic heterocycles. The quantitative estimate of drug-likeness (QED) is 0.0613. The fourth-order valence-electron chi connectivity index (χ4n) is 4.04. The summed E-state index contributed by atoms with van der Waals surface area (Å²) in [5.41, 5.74) is 13.8. The van der Waals surface area contributed by atoms with Gasteiger partial charge in [-0.3, -0.25) is 9.41 Å². The van der Waals surface area contributed by atoms with Crippen molar-refractivity contribution >= 4 is 124 Å². The number of benzene rings is 7. The van der Waals surface area contributed by atoms with Gasteiger partial charge in [0.25, 0.3) is 7.05 Å². The van der Waals surface area contributed by atoms with E-state index in [-0.39, 0.29) is 113 Å². The van der Waals surface area contributed by atoms with Gasteiger partial charge >= 0.3 is 67.3 Å². The van der Waals surface area contributed by atoms with E-state index in [2.05, 4.69) is 187 Å². The molecule has 0 bridgehead atoms. The number of aryl methyl sites for hydroxylation is 6. The van der Waals surface area contributed by atoms with Crippen molar-refractivity contribution < 1.29 is 43.2 Å². The molecular weight excluding hydrogens is 1290 g/mol. The van der Waals surface area contributed by atoms with Crippen LogP contribution in [0.2, 0.25) is 13.6 Å². The summed E-state index contributed by atoms with van der Waals surface area (Å²) in [6.07, 6.45) is 3.88. The summed E-state index contributed by atoms with van der Waals surface area (Å²) < 4.78 is 3.25. The molecule has 7 aromatic rings. The summed E-state index contributed by atoms with van der Waals surface area (Å²) in [4.78, 5) is 10.5. The number of rotatable bonds is 3. The zero-order chi connectivity index (χ0) is 71.6. The van der Waals surface area contributed by atoms with E-state index in [1.54, 1.807) is 32.9 Å². The molecule has 0 heterocycles. The first-order valence-corrected chi connectivity index (χ1v) is 34.7. The van der Waals surface area contributed by atoms with E-state index in [4.69, 9.17) is 15.5 Å². The third-order valence-corrected chi connectivity index (χ3v) is 8.84. The zero-order valence-corrected chi connectivity index (χ0v) is 73.0. The molecule has 0 spiro atoms. The molecule has 0 aromatic heterocycles. The van der Waals surface area contributed by atoms with Crippen molar-refractivity contribution in [3.63, 3.8) is 0 Å². The molecule has 2 N–H and O–H groups in total. The van der Waals surface area contributed by atoms with Crippen LogP contribution >= 0.6 is 48.0 Å². The summed E-state index contributed by atoms with van der Waals surface area (Å²) in [7, 11) is 2.81. The maximum absolute atomic E-state index is 8.00. The molecule has 542 valence electrons. The average molecular weight is 1440 g/mol. The van der Waals surface area contributed by atoms with Gasteiger partial charge in [-0.25, -0.2) is 0 Å². The van der Waals surface area contributed by atoms with Crippen LogP contribution in [0.1, 0.15) is 191 Å². The molecule has 7 rings (SSSR count). The number of diazo groups is 1. The molecule has 0 amide bonds. The summed E-state index contributed by atoms with van der Waals surface area (Å²) in [6.45, 7) is 57.6. The molecule has 0 saturated carbocycles. The van der Waals surface area contributed by atoms with Gasteiger partial charge in [0.2, 0.25) is 5.39 Å². The van der Waals surface area contributed by atoms with E-state index in [9.17, 15) is 0 Å². The van der Waals surface area contributed by atoms with Crippen LogP contribution in [-0.4, -0.2) is 97.3 Å². The van der Waals surface area contributed by atoms with Crippen molar-refractivity contribution in [2.75, 3.05) is 26.6 Å². The van der Waals surface area contributed by atoms with E-state index in [1.807, 2.05) is 266 Å². The zero-order valence-electron chi connectivity index (χ0n) is 67.5. The Hall–Kier alpha value is -3.49. The predicted molar refractivity (Wildman–Crippen MR) is 469 cm³/mol. The SMILES string of the molecule is C.C.CB(C)c1ccccc1.CC.CC.CC.CC.CC.CC.CC.CC.CC.CC.CN.CSC=S.CSC=S.C[N+]#N.Cc1ccccc1.Cc1ccccc1.Cc1ccccc1.Cc1ccccc1.Cc1ccccc1.Cc1ccccc1.F.F.O=N[O-].[2HH].[B].[B].[Ca+2].[H-].[H-].[Na+]. The number of nitrogens with two attached hydrogens (primary N) is 1. The first-order valence-electron chi connectivity index (χ1n) is 31.2. The van der Waals surface area contributed by atoms with Gasteiger partial charge in [-0.1, -0.05) is 443 Å². The van der Waals surface area contributed by atoms with Crippen molar-refractivity contribution in [3.8, 4) is 0 Å². The Kier molecular flexibility index (Phi) is 322. The van der Waals surface area contributed by atoms with Gasteiger partial charge in [0, 0.05) is 27.7 Å². The predicted octanol–water partition coefficient (Wildman–Crippen LogP) is 24.7. The Balaban J connectivity index is -0.0000000235. The molecule has 0 aliphatic rings. The topological polar surface area (TPSA) is 107 Å². The number of thioether (sulfide) groups is 2. The van der Waals surface area contributed by atoms with E-state index >= 15 is 0 Å². The summed E-state index contributed by atoms with van der Waals surface area (Å²) in [6, 6.07) is 72.1. The van der Waals surface area contributed by atoms with Crippen molar-refractivity contribution in [1.29, 1.82) is 5.39 Å². The van der Waals surface area contributed by atoms with Crippen LogP contribution in [0.3, 0.4) is 0 Å². The van der Waals surface area contributed by atoms with Crippen molar-refractivity contribution in [2.24, 2.45) is 11.1 Å². The van der Waals surface area contributed by atoms with Crippen molar-refractivity contribution in [2.45, 2.75) is 209 Å². The average Bonchev–Trinajstić information content (AvgIpc) is 3.74. The summed E-state index contributed by atoms with van der Waals surface area (Å²) >= 11 is 11.9. The minimum absolute atomic E-state index is 0. The van der Waals surface area contributed by atoms with Gasteiger partial charge < -0.3 is 18.7 Å². The van der Waals surface area contributed by atoms with Gasteiger partial charge in [0.15, 0.2) is 6.71 Å². The summed E-state index contributed by atoms with van der Waals surface area (Å²) in [5.74, 6) is 0. The van der Waals surface area contributed by atoms with Crippen LogP contribution < -0.4 is 40.8 Å². The number of nitrogens with zero attached hydrogens (tertiary/aromatic N) is 3. The molecule has 0 atom stereocenters. The minimum atomic E-state index is 0. The first kappa shape index (κ1) is 160. The second kappa shape index (κ2) is 192. The Bertz CT molecular complexity index is 1800. The number of hydrogen-bond donors (Lipinski definition) is 1. The molecule has 7 aromatic carbocycles. The van der Waals surface area contributed by atoms with Gasteiger partial charge in [-0.2, -0.15) is 0 Å². The monoisotopic (exact) mass is 1440 g/mol. The molecule has 0 unspecified atom stereocenters. The fraction of sp³-hybridized carbons (Fsp3) is 0.436. The molecule has 0 aliphatic carbocycles. The van der Waals surface area contributed by atoms with Gasteiger partial charge in [-0.15, -0.1) is 28.9 Å². The smallest absolute Gasteiger partial charge is 1.00 e. The van der Waals surface area contributed by atoms with Gasteiger partial charge in [0.1, 0.15) is 4.98 Å². The maximum atomic E-state index is 8.00. The Morgan fingerprint density at radius 1 is 0.411 bits per heavy atom. The van der Waals surface area contributed by atoms with Gasteiger partial charge in [-0.05, 0) is 61.1 Å². The standard InChI is InChI=1S/C8H11B.6C7H8.2C2H4S2.10C2H6.CH3N2.CH5N.2CH4.2B.Ca.2FH.HNO2.Na.H2.2H/c1-9(2)8-6-4-3-5-7-8;6*1-7-5-3-2-4-6-7;2*1-4-2-3;10*1-2;1-3-2;1-2;;;;;;;;2-1-3;;;;/h3-7H,1-2H3;6*2-6H,1H3;2*2H,1H3;10*1-2H3;1H3;2H2,1H3;2*1H4;;;;2*1H;(H,2,3);;1H;;/q;;;;;;;;;;;;;;;;;;;+1;;;;;;+2;;;;+1;;2*-1/p-1/i;;;;;;;;;;;;;;;;;;;;;;;;;;;;;;1+1;;. The maximum Gasteiger partial charge on any atom is 2.00 e. The molecule has 0 saturated heterocycles.